The van der Waals surface area contributed by atoms with Crippen molar-refractivity contribution in [1.82, 2.24) is 15.2 Å². The third kappa shape index (κ3) is 4.60. The van der Waals surface area contributed by atoms with Crippen LogP contribution in [0.25, 0.3) is 11.3 Å². The summed E-state index contributed by atoms with van der Waals surface area (Å²) in [4.78, 5) is 19.3. The Morgan fingerprint density at radius 1 is 1.19 bits per heavy atom. The van der Waals surface area contributed by atoms with E-state index < -0.39 is 0 Å². The van der Waals surface area contributed by atoms with Crippen LogP contribution in [0.1, 0.15) is 29.8 Å². The molecule has 1 saturated heterocycles. The lowest BCUT2D eigenvalue weighted by molar-refractivity contribution is -0.129. The van der Waals surface area contributed by atoms with E-state index in [0.717, 1.165) is 47.0 Å². The Morgan fingerprint density at radius 2 is 2.00 bits per heavy atom. The molecule has 8 heteroatoms. The normalized spacial score (nSPS) is 17.3. The maximum Gasteiger partial charge on any atom is 0.231 e. The van der Waals surface area contributed by atoms with Crippen molar-refractivity contribution in [3.05, 3.63) is 63.4 Å². The smallest absolute Gasteiger partial charge is 0.231 e. The fraction of sp³-hybridized carbons (Fsp3) is 0.333. The number of carbonyl (C=O) groups is 1. The molecule has 0 bridgehead atoms. The molecule has 2 aliphatic heterocycles. The van der Waals surface area contributed by atoms with E-state index in [1.54, 1.807) is 17.4 Å². The van der Waals surface area contributed by atoms with Gasteiger partial charge in [-0.1, -0.05) is 41.9 Å². The van der Waals surface area contributed by atoms with E-state index >= 15 is 0 Å². The van der Waals surface area contributed by atoms with Crippen LogP contribution in [0, 0.1) is 0 Å². The molecular weight excluding hydrogens is 446 g/mol. The van der Waals surface area contributed by atoms with Crippen LogP contribution in [-0.4, -0.2) is 35.2 Å². The van der Waals surface area contributed by atoms with E-state index in [9.17, 15) is 4.79 Å². The molecule has 1 atom stereocenters. The third-order valence-electron chi connectivity index (χ3n) is 5.89. The van der Waals surface area contributed by atoms with Crippen LogP contribution in [0.3, 0.4) is 0 Å². The number of halogens is 1. The summed E-state index contributed by atoms with van der Waals surface area (Å²) in [5.74, 6) is 1.64. The Balaban J connectivity index is 1.15. The van der Waals surface area contributed by atoms with Gasteiger partial charge in [0.25, 0.3) is 0 Å². The number of nitrogens with one attached hydrogen (secondary N) is 1. The van der Waals surface area contributed by atoms with Crippen molar-refractivity contribution in [1.29, 1.82) is 0 Å². The molecule has 0 radical (unpaired) electrons. The minimum absolute atomic E-state index is 0.213. The standard InChI is InChI=1S/C24H24ClN3O3S/c25-19-11-22-21(30-15-31-22)10-17(19)12-26-9-8-18-6-7-24(29)28(18)13-23-27-20(14-32-23)16-4-2-1-3-5-16/h1-5,10-11,14,18,26H,6-9,12-13,15H2/t18-/m0/s1. The average Bonchev–Trinajstić information content (AvgIpc) is 3.54. The van der Waals surface area contributed by atoms with E-state index in [-0.39, 0.29) is 18.7 Å². The maximum atomic E-state index is 12.5. The molecule has 0 spiro atoms. The van der Waals surface area contributed by atoms with Crippen molar-refractivity contribution in [2.45, 2.75) is 38.4 Å². The molecule has 1 amide bonds. The maximum absolute atomic E-state index is 12.5. The zero-order valence-electron chi connectivity index (χ0n) is 17.6. The summed E-state index contributed by atoms with van der Waals surface area (Å²) in [6.07, 6.45) is 2.39. The zero-order chi connectivity index (χ0) is 21.9. The van der Waals surface area contributed by atoms with Gasteiger partial charge in [-0.05, 0) is 31.0 Å². The third-order valence-corrected chi connectivity index (χ3v) is 7.08. The molecule has 32 heavy (non-hydrogen) atoms. The Morgan fingerprint density at radius 3 is 2.84 bits per heavy atom. The minimum Gasteiger partial charge on any atom is -0.454 e. The summed E-state index contributed by atoms with van der Waals surface area (Å²) < 4.78 is 10.8. The molecule has 166 valence electrons. The van der Waals surface area contributed by atoms with Crippen LogP contribution in [0.2, 0.25) is 5.02 Å². The quantitative estimate of drug-likeness (QED) is 0.477. The topological polar surface area (TPSA) is 63.7 Å². The number of hydrogen-bond donors (Lipinski definition) is 1. The predicted octanol–water partition coefficient (Wildman–Crippen LogP) is 4.86. The molecule has 6 nitrogen and oxygen atoms in total. The Hall–Kier alpha value is -2.61. The van der Waals surface area contributed by atoms with Crippen LogP contribution in [-0.2, 0) is 17.9 Å². The molecular formula is C24H24ClN3O3S. The van der Waals surface area contributed by atoms with Crippen LogP contribution >= 0.6 is 22.9 Å². The molecule has 1 aromatic heterocycles. The highest BCUT2D eigenvalue weighted by Gasteiger charge is 2.31. The second-order valence-corrected chi connectivity index (χ2v) is 9.32. The fourth-order valence-electron chi connectivity index (χ4n) is 4.17. The van der Waals surface area contributed by atoms with Gasteiger partial charge in [-0.3, -0.25) is 4.79 Å². The molecule has 0 saturated carbocycles. The van der Waals surface area contributed by atoms with Gasteiger partial charge in [0.2, 0.25) is 12.7 Å². The van der Waals surface area contributed by atoms with Crippen molar-refractivity contribution >= 4 is 28.8 Å². The van der Waals surface area contributed by atoms with Gasteiger partial charge in [0.1, 0.15) is 5.01 Å². The van der Waals surface area contributed by atoms with E-state index in [0.29, 0.717) is 30.3 Å². The monoisotopic (exact) mass is 469 g/mol. The molecule has 2 aliphatic rings. The number of thiazole rings is 1. The number of fused-ring (bicyclic) bond motifs is 1. The van der Waals surface area contributed by atoms with Crippen LogP contribution in [0.15, 0.2) is 47.8 Å². The molecule has 0 unspecified atom stereocenters. The van der Waals surface area contributed by atoms with Gasteiger partial charge in [0.05, 0.1) is 12.2 Å². The molecule has 3 aromatic rings. The molecule has 3 heterocycles. The van der Waals surface area contributed by atoms with Crippen LogP contribution in [0.4, 0.5) is 0 Å². The first kappa shape index (κ1) is 21.2. The number of hydrogen-bond acceptors (Lipinski definition) is 6. The van der Waals surface area contributed by atoms with Crippen molar-refractivity contribution in [2.24, 2.45) is 0 Å². The van der Waals surface area contributed by atoms with Crippen LogP contribution in [0.5, 0.6) is 11.5 Å². The highest BCUT2D eigenvalue weighted by molar-refractivity contribution is 7.09. The summed E-state index contributed by atoms with van der Waals surface area (Å²) >= 11 is 7.97. The SMILES string of the molecule is O=C1CC[C@@H](CCNCc2cc3c(cc2Cl)OCO3)N1Cc1nc(-c2ccccc2)cs1. The molecule has 2 aromatic carbocycles. The largest absolute Gasteiger partial charge is 0.454 e. The van der Waals surface area contributed by atoms with Crippen molar-refractivity contribution in [3.8, 4) is 22.8 Å². The van der Waals surface area contributed by atoms with Crippen molar-refractivity contribution in [3.63, 3.8) is 0 Å². The minimum atomic E-state index is 0.213. The zero-order valence-corrected chi connectivity index (χ0v) is 19.1. The highest BCUT2D eigenvalue weighted by Crippen LogP contribution is 2.36. The summed E-state index contributed by atoms with van der Waals surface area (Å²) in [5, 5.41) is 7.16. The molecule has 1 N–H and O–H groups in total. The molecule has 5 rings (SSSR count). The van der Waals surface area contributed by atoms with E-state index in [2.05, 4.69) is 22.8 Å². The lowest BCUT2D eigenvalue weighted by Gasteiger charge is -2.24. The number of rotatable bonds is 8. The van der Waals surface area contributed by atoms with Crippen LogP contribution < -0.4 is 14.8 Å². The first-order chi connectivity index (χ1) is 15.7. The van der Waals surface area contributed by atoms with Crippen molar-refractivity contribution in [2.75, 3.05) is 13.3 Å². The van der Waals surface area contributed by atoms with E-state index in [1.165, 1.54) is 0 Å². The number of ether oxygens (including phenoxy) is 2. The van der Waals surface area contributed by atoms with Gasteiger partial charge in [-0.15, -0.1) is 11.3 Å². The lowest BCUT2D eigenvalue weighted by Crippen LogP contribution is -2.34. The Kier molecular flexibility index (Phi) is 6.30. The number of nitrogens with zero attached hydrogens (tertiary/aromatic N) is 2. The Bertz CT molecular complexity index is 1110. The fourth-order valence-corrected chi connectivity index (χ4v) is 5.19. The summed E-state index contributed by atoms with van der Waals surface area (Å²) in [5.41, 5.74) is 3.05. The van der Waals surface area contributed by atoms with Gasteiger partial charge >= 0.3 is 0 Å². The van der Waals surface area contributed by atoms with Crippen molar-refractivity contribution < 1.29 is 14.3 Å². The first-order valence-electron chi connectivity index (χ1n) is 10.8. The number of benzene rings is 2. The average molecular weight is 470 g/mol. The predicted molar refractivity (Wildman–Crippen MR) is 125 cm³/mol. The highest BCUT2D eigenvalue weighted by atomic mass is 35.5. The number of amides is 1. The number of aromatic nitrogens is 1. The summed E-state index contributed by atoms with van der Waals surface area (Å²) in [7, 11) is 0. The molecule has 0 aliphatic carbocycles. The summed E-state index contributed by atoms with van der Waals surface area (Å²) in [6.45, 7) is 2.25. The molecule has 1 fully saturated rings. The number of carbonyl (C=O) groups excluding carboxylic acids is 1. The number of likely N-dealkylation sites (tertiary alicyclic amines) is 1. The second-order valence-electron chi connectivity index (χ2n) is 7.97. The van der Waals surface area contributed by atoms with Gasteiger partial charge in [0.15, 0.2) is 11.5 Å². The first-order valence-corrected chi connectivity index (χ1v) is 12.0. The van der Waals surface area contributed by atoms with E-state index in [1.807, 2.05) is 29.2 Å². The van der Waals surface area contributed by atoms with Gasteiger partial charge in [-0.25, -0.2) is 4.98 Å². The van der Waals surface area contributed by atoms with Gasteiger partial charge < -0.3 is 19.7 Å². The Labute approximate surface area is 196 Å². The second kappa shape index (κ2) is 9.48. The van der Waals surface area contributed by atoms with Gasteiger partial charge in [0, 0.05) is 41.0 Å². The van der Waals surface area contributed by atoms with E-state index in [4.69, 9.17) is 26.1 Å². The van der Waals surface area contributed by atoms with Gasteiger partial charge in [-0.2, -0.15) is 0 Å². The summed E-state index contributed by atoms with van der Waals surface area (Å²) in [6, 6.07) is 14.1. The lowest BCUT2D eigenvalue weighted by atomic mass is 10.1.